The summed E-state index contributed by atoms with van der Waals surface area (Å²) in [7, 11) is 3.63. The monoisotopic (exact) mass is 225 g/mol. The Balaban J connectivity index is 2.18. The molecule has 0 bridgehead atoms. The first kappa shape index (κ1) is 11.4. The van der Waals surface area contributed by atoms with E-state index in [9.17, 15) is 0 Å². The first-order valence-corrected chi connectivity index (χ1v) is 5.53. The predicted molar refractivity (Wildman–Crippen MR) is 61.7 cm³/mol. The van der Waals surface area contributed by atoms with Crippen LogP contribution in [-0.2, 0) is 16.0 Å². The highest BCUT2D eigenvalue weighted by Gasteiger charge is 2.35. The fourth-order valence-corrected chi connectivity index (χ4v) is 2.12. The minimum Gasteiger partial charge on any atom is -0.378 e. The minimum atomic E-state index is -0.196. The van der Waals surface area contributed by atoms with Crippen LogP contribution >= 0.6 is 0 Å². The summed E-state index contributed by atoms with van der Waals surface area (Å²) in [6.07, 6.45) is 2.97. The number of ether oxygens (including phenoxy) is 2. The Morgan fingerprint density at radius 3 is 3.06 bits per heavy atom. The Labute approximate surface area is 95.8 Å². The maximum atomic E-state index is 5.61. The third kappa shape index (κ3) is 2.05. The number of hydrogen-bond acceptors (Lipinski definition) is 4. The third-order valence-electron chi connectivity index (χ3n) is 3.08. The van der Waals surface area contributed by atoms with Gasteiger partial charge in [0, 0.05) is 33.4 Å². The van der Waals surface area contributed by atoms with Gasteiger partial charge in [-0.15, -0.1) is 0 Å². The Morgan fingerprint density at radius 2 is 2.50 bits per heavy atom. The van der Waals surface area contributed by atoms with Gasteiger partial charge in [0.1, 0.15) is 5.60 Å². The molecule has 2 heterocycles. The van der Waals surface area contributed by atoms with E-state index in [0.29, 0.717) is 6.61 Å². The number of aryl methyl sites for hydroxylation is 1. The molecule has 0 amide bonds. The Bertz CT molecular complexity index is 356. The SMILES string of the molecule is CNc1nc(C)cn1CC1(OC)CCOC1. The van der Waals surface area contributed by atoms with E-state index in [1.807, 2.05) is 20.2 Å². The van der Waals surface area contributed by atoms with Crippen LogP contribution in [0.2, 0.25) is 0 Å². The summed E-state index contributed by atoms with van der Waals surface area (Å²) in [6, 6.07) is 0. The molecule has 1 unspecified atom stereocenters. The van der Waals surface area contributed by atoms with E-state index in [-0.39, 0.29) is 5.60 Å². The van der Waals surface area contributed by atoms with Gasteiger partial charge in [0.15, 0.2) is 0 Å². The normalized spacial score (nSPS) is 24.9. The second-order valence-corrected chi connectivity index (χ2v) is 4.27. The van der Waals surface area contributed by atoms with E-state index in [1.54, 1.807) is 7.11 Å². The average Bonchev–Trinajstić information content (AvgIpc) is 2.86. The number of aromatic nitrogens is 2. The van der Waals surface area contributed by atoms with Gasteiger partial charge < -0.3 is 19.4 Å². The molecule has 0 spiro atoms. The summed E-state index contributed by atoms with van der Waals surface area (Å²) in [5.41, 5.74) is 0.813. The van der Waals surface area contributed by atoms with Crippen molar-refractivity contribution in [3.63, 3.8) is 0 Å². The van der Waals surface area contributed by atoms with Crippen LogP contribution < -0.4 is 5.32 Å². The number of nitrogens with zero attached hydrogens (tertiary/aromatic N) is 2. The highest BCUT2D eigenvalue weighted by molar-refractivity contribution is 5.27. The maximum absolute atomic E-state index is 5.61. The lowest BCUT2D eigenvalue weighted by molar-refractivity contribution is -0.0291. The summed E-state index contributed by atoms with van der Waals surface area (Å²) in [5, 5.41) is 3.09. The fraction of sp³-hybridized carbons (Fsp3) is 0.727. The van der Waals surface area contributed by atoms with Gasteiger partial charge in [0.05, 0.1) is 18.8 Å². The second-order valence-electron chi connectivity index (χ2n) is 4.27. The topological polar surface area (TPSA) is 48.3 Å². The molecule has 5 nitrogen and oxygen atoms in total. The Morgan fingerprint density at radius 1 is 1.69 bits per heavy atom. The largest absolute Gasteiger partial charge is 0.378 e. The minimum absolute atomic E-state index is 0.196. The van der Waals surface area contributed by atoms with Gasteiger partial charge in [0.25, 0.3) is 0 Å². The lowest BCUT2D eigenvalue weighted by Gasteiger charge is -2.26. The van der Waals surface area contributed by atoms with Crippen molar-refractivity contribution in [3.05, 3.63) is 11.9 Å². The number of imidazole rings is 1. The van der Waals surface area contributed by atoms with Crippen molar-refractivity contribution >= 4 is 5.95 Å². The summed E-state index contributed by atoms with van der Waals surface area (Å²) >= 11 is 0. The van der Waals surface area contributed by atoms with Crippen molar-refractivity contribution in [3.8, 4) is 0 Å². The van der Waals surface area contributed by atoms with Crippen LogP contribution in [0.15, 0.2) is 6.20 Å². The molecule has 1 fully saturated rings. The maximum Gasteiger partial charge on any atom is 0.202 e. The fourth-order valence-electron chi connectivity index (χ4n) is 2.12. The molecule has 90 valence electrons. The zero-order valence-electron chi connectivity index (χ0n) is 10.1. The first-order valence-electron chi connectivity index (χ1n) is 5.53. The molecule has 1 saturated heterocycles. The molecule has 0 saturated carbocycles. The molecule has 1 aliphatic rings. The van der Waals surface area contributed by atoms with Gasteiger partial charge in [-0.1, -0.05) is 0 Å². The molecule has 1 N–H and O–H groups in total. The van der Waals surface area contributed by atoms with Crippen LogP contribution in [0.4, 0.5) is 5.95 Å². The van der Waals surface area contributed by atoms with E-state index >= 15 is 0 Å². The highest BCUT2D eigenvalue weighted by Crippen LogP contribution is 2.26. The van der Waals surface area contributed by atoms with Crippen molar-refractivity contribution in [1.29, 1.82) is 0 Å². The van der Waals surface area contributed by atoms with Gasteiger partial charge in [-0.05, 0) is 6.92 Å². The lowest BCUT2D eigenvalue weighted by Crippen LogP contribution is -2.37. The summed E-state index contributed by atoms with van der Waals surface area (Å²) in [5.74, 6) is 0.876. The van der Waals surface area contributed by atoms with Crippen LogP contribution in [-0.4, -0.2) is 42.5 Å². The number of methoxy groups -OCH3 is 1. The first-order chi connectivity index (χ1) is 7.69. The summed E-state index contributed by atoms with van der Waals surface area (Å²) in [6.45, 7) is 4.20. The van der Waals surface area contributed by atoms with Gasteiger partial charge >= 0.3 is 0 Å². The van der Waals surface area contributed by atoms with Gasteiger partial charge in [-0.2, -0.15) is 0 Å². The molecule has 1 aromatic heterocycles. The van der Waals surface area contributed by atoms with E-state index in [0.717, 1.165) is 31.2 Å². The number of rotatable bonds is 4. The molecule has 16 heavy (non-hydrogen) atoms. The number of anilines is 1. The summed E-state index contributed by atoms with van der Waals surface area (Å²) in [4.78, 5) is 4.39. The zero-order chi connectivity index (χ0) is 11.6. The molecular weight excluding hydrogens is 206 g/mol. The van der Waals surface area contributed by atoms with Gasteiger partial charge in [-0.3, -0.25) is 0 Å². The second kappa shape index (κ2) is 4.43. The third-order valence-corrected chi connectivity index (χ3v) is 3.08. The summed E-state index contributed by atoms with van der Waals surface area (Å²) < 4.78 is 13.1. The van der Waals surface area contributed by atoms with Crippen LogP contribution in [0, 0.1) is 6.92 Å². The van der Waals surface area contributed by atoms with Crippen molar-refractivity contribution in [2.45, 2.75) is 25.5 Å². The van der Waals surface area contributed by atoms with Crippen LogP contribution in [0.5, 0.6) is 0 Å². The zero-order valence-corrected chi connectivity index (χ0v) is 10.1. The molecule has 5 heteroatoms. The van der Waals surface area contributed by atoms with Crippen molar-refractivity contribution in [2.75, 3.05) is 32.7 Å². The van der Waals surface area contributed by atoms with E-state index < -0.39 is 0 Å². The molecule has 0 aliphatic carbocycles. The number of hydrogen-bond donors (Lipinski definition) is 1. The molecule has 1 aliphatic heterocycles. The van der Waals surface area contributed by atoms with Crippen molar-refractivity contribution in [2.24, 2.45) is 0 Å². The quantitative estimate of drug-likeness (QED) is 0.831. The predicted octanol–water partition coefficient (Wildman–Crippen LogP) is 1.04. The van der Waals surface area contributed by atoms with Crippen LogP contribution in [0.1, 0.15) is 12.1 Å². The smallest absolute Gasteiger partial charge is 0.202 e. The molecular formula is C11H19N3O2. The van der Waals surface area contributed by atoms with Gasteiger partial charge in [-0.25, -0.2) is 4.98 Å². The molecule has 1 atom stereocenters. The molecule has 1 aromatic rings. The van der Waals surface area contributed by atoms with Crippen molar-refractivity contribution < 1.29 is 9.47 Å². The standard InChI is InChI=1S/C11H19N3O2/c1-9-6-14(10(12-2)13-9)7-11(15-3)4-5-16-8-11/h6H,4-5,7-8H2,1-3H3,(H,12,13). The Kier molecular flexibility index (Phi) is 3.16. The molecule has 0 aromatic carbocycles. The Hall–Kier alpha value is -1.07. The highest BCUT2D eigenvalue weighted by atomic mass is 16.5. The van der Waals surface area contributed by atoms with Crippen molar-refractivity contribution in [1.82, 2.24) is 9.55 Å². The number of nitrogens with one attached hydrogen (secondary N) is 1. The van der Waals surface area contributed by atoms with Crippen LogP contribution in [0.25, 0.3) is 0 Å². The van der Waals surface area contributed by atoms with E-state index in [2.05, 4.69) is 14.9 Å². The molecule has 2 rings (SSSR count). The van der Waals surface area contributed by atoms with Gasteiger partial charge in [0.2, 0.25) is 5.95 Å². The lowest BCUT2D eigenvalue weighted by atomic mass is 10.0. The average molecular weight is 225 g/mol. The van der Waals surface area contributed by atoms with E-state index in [4.69, 9.17) is 9.47 Å². The van der Waals surface area contributed by atoms with E-state index in [1.165, 1.54) is 0 Å². The van der Waals surface area contributed by atoms with Crippen LogP contribution in [0.3, 0.4) is 0 Å². The molecule has 0 radical (unpaired) electrons.